The number of rotatable bonds is 6. The van der Waals surface area contributed by atoms with Gasteiger partial charge in [0.2, 0.25) is 0 Å². The average molecular weight is 250 g/mol. The summed E-state index contributed by atoms with van der Waals surface area (Å²) in [6, 6.07) is 6.85. The Labute approximate surface area is 108 Å². The second-order valence-electron chi connectivity index (χ2n) is 4.75. The van der Waals surface area contributed by atoms with Crippen LogP contribution in [0.15, 0.2) is 24.3 Å². The topological polar surface area (TPSA) is 78.3 Å². The summed E-state index contributed by atoms with van der Waals surface area (Å²) in [5, 5.41) is 0. The summed E-state index contributed by atoms with van der Waals surface area (Å²) in [5.41, 5.74) is 12.7. The lowest BCUT2D eigenvalue weighted by Crippen LogP contribution is -2.23. The predicted molar refractivity (Wildman–Crippen MR) is 72.2 cm³/mol. The van der Waals surface area contributed by atoms with E-state index in [1.807, 2.05) is 12.1 Å². The maximum atomic E-state index is 11.9. The van der Waals surface area contributed by atoms with Crippen molar-refractivity contribution in [1.82, 2.24) is 0 Å². The van der Waals surface area contributed by atoms with Crippen molar-refractivity contribution in [2.45, 2.75) is 26.3 Å². The molecule has 1 aromatic carbocycles. The van der Waals surface area contributed by atoms with Gasteiger partial charge < -0.3 is 16.2 Å². The van der Waals surface area contributed by atoms with Crippen LogP contribution < -0.4 is 11.5 Å². The van der Waals surface area contributed by atoms with Gasteiger partial charge in [-0.2, -0.15) is 0 Å². The Balaban J connectivity index is 2.73. The van der Waals surface area contributed by atoms with E-state index in [9.17, 15) is 4.79 Å². The number of hydrogen-bond donors (Lipinski definition) is 2. The third-order valence-electron chi connectivity index (χ3n) is 2.76. The molecule has 0 fully saturated rings. The summed E-state index contributed by atoms with van der Waals surface area (Å²) < 4.78 is 5.24. The number of carbonyl (C=O) groups excluding carboxylic acids is 1. The third-order valence-corrected chi connectivity index (χ3v) is 2.76. The summed E-state index contributed by atoms with van der Waals surface area (Å²) in [5.74, 6) is 0.189. The number of carbonyl (C=O) groups is 1. The van der Waals surface area contributed by atoms with Crippen LogP contribution in [0, 0.1) is 5.92 Å². The first-order chi connectivity index (χ1) is 8.56. The Kier molecular flexibility index (Phi) is 5.82. The standard InChI is InChI=1S/C14H22N2O2/c1-10(2)7-8-18-14(17)12-6-4-3-5-11(12)13(16)9-15/h3-6,10,13H,7-9,15-16H2,1-2H3. The van der Waals surface area contributed by atoms with E-state index < -0.39 is 0 Å². The van der Waals surface area contributed by atoms with Crippen molar-refractivity contribution in [3.63, 3.8) is 0 Å². The molecule has 1 unspecified atom stereocenters. The van der Waals surface area contributed by atoms with E-state index in [1.165, 1.54) is 0 Å². The first-order valence-corrected chi connectivity index (χ1v) is 6.28. The van der Waals surface area contributed by atoms with Crippen LogP contribution in [0.25, 0.3) is 0 Å². The van der Waals surface area contributed by atoms with Gasteiger partial charge in [-0.05, 0) is 24.0 Å². The minimum Gasteiger partial charge on any atom is -0.462 e. The van der Waals surface area contributed by atoms with Gasteiger partial charge in [0.1, 0.15) is 0 Å². The molecule has 0 radical (unpaired) electrons. The number of benzene rings is 1. The fourth-order valence-electron chi connectivity index (χ4n) is 1.60. The molecule has 1 atom stereocenters. The highest BCUT2D eigenvalue weighted by Gasteiger charge is 2.16. The SMILES string of the molecule is CC(C)CCOC(=O)c1ccccc1C(N)CN. The lowest BCUT2D eigenvalue weighted by molar-refractivity contribution is 0.0486. The predicted octanol–water partition coefficient (Wildman–Crippen LogP) is 1.85. The van der Waals surface area contributed by atoms with Crippen molar-refractivity contribution in [3.05, 3.63) is 35.4 Å². The molecule has 0 aliphatic carbocycles. The second-order valence-corrected chi connectivity index (χ2v) is 4.75. The van der Waals surface area contributed by atoms with Crippen LogP contribution >= 0.6 is 0 Å². The Bertz CT molecular complexity index is 391. The van der Waals surface area contributed by atoms with Gasteiger partial charge >= 0.3 is 5.97 Å². The first kappa shape index (κ1) is 14.7. The van der Waals surface area contributed by atoms with E-state index in [2.05, 4.69) is 13.8 Å². The molecule has 1 rings (SSSR count). The van der Waals surface area contributed by atoms with Crippen LogP contribution in [0.1, 0.15) is 42.2 Å². The molecule has 0 aliphatic rings. The van der Waals surface area contributed by atoms with E-state index in [-0.39, 0.29) is 12.0 Å². The number of hydrogen-bond acceptors (Lipinski definition) is 4. The highest BCUT2D eigenvalue weighted by Crippen LogP contribution is 2.16. The van der Waals surface area contributed by atoms with Gasteiger partial charge in [-0.15, -0.1) is 0 Å². The van der Waals surface area contributed by atoms with Crippen LogP contribution in [0.5, 0.6) is 0 Å². The van der Waals surface area contributed by atoms with Crippen molar-refractivity contribution < 1.29 is 9.53 Å². The fourth-order valence-corrected chi connectivity index (χ4v) is 1.60. The van der Waals surface area contributed by atoms with Crippen LogP contribution in [-0.2, 0) is 4.74 Å². The molecule has 0 aromatic heterocycles. The van der Waals surface area contributed by atoms with E-state index >= 15 is 0 Å². The fraction of sp³-hybridized carbons (Fsp3) is 0.500. The molecule has 4 heteroatoms. The molecule has 0 bridgehead atoms. The lowest BCUT2D eigenvalue weighted by atomic mass is 10.0. The molecule has 1 aromatic rings. The van der Waals surface area contributed by atoms with Gasteiger partial charge in [0.25, 0.3) is 0 Å². The molecule has 0 spiro atoms. The second kappa shape index (κ2) is 7.13. The quantitative estimate of drug-likeness (QED) is 0.755. The van der Waals surface area contributed by atoms with Crippen molar-refractivity contribution in [3.8, 4) is 0 Å². The van der Waals surface area contributed by atoms with E-state index in [0.29, 0.717) is 24.6 Å². The Morgan fingerprint density at radius 2 is 2.00 bits per heavy atom. The van der Waals surface area contributed by atoms with Crippen LogP contribution in [-0.4, -0.2) is 19.1 Å². The Morgan fingerprint density at radius 1 is 1.33 bits per heavy atom. The van der Waals surface area contributed by atoms with Crippen molar-refractivity contribution in [2.75, 3.05) is 13.2 Å². The summed E-state index contributed by atoms with van der Waals surface area (Å²) in [7, 11) is 0. The van der Waals surface area contributed by atoms with Crippen molar-refractivity contribution in [2.24, 2.45) is 17.4 Å². The van der Waals surface area contributed by atoms with Crippen LogP contribution in [0.4, 0.5) is 0 Å². The van der Waals surface area contributed by atoms with E-state index in [4.69, 9.17) is 16.2 Å². The minimum atomic E-state index is -0.334. The Morgan fingerprint density at radius 3 is 2.61 bits per heavy atom. The van der Waals surface area contributed by atoms with Crippen LogP contribution in [0.2, 0.25) is 0 Å². The average Bonchev–Trinajstić information content (AvgIpc) is 2.37. The maximum Gasteiger partial charge on any atom is 0.338 e. The summed E-state index contributed by atoms with van der Waals surface area (Å²) in [6.45, 7) is 4.91. The molecule has 0 heterocycles. The van der Waals surface area contributed by atoms with Gasteiger partial charge in [-0.25, -0.2) is 4.79 Å². The molecule has 0 saturated heterocycles. The highest BCUT2D eigenvalue weighted by molar-refractivity contribution is 5.91. The molecule has 4 nitrogen and oxygen atoms in total. The minimum absolute atomic E-state index is 0.302. The Hall–Kier alpha value is -1.39. The van der Waals surface area contributed by atoms with Gasteiger partial charge in [0.05, 0.1) is 12.2 Å². The molecular formula is C14H22N2O2. The number of ether oxygens (including phenoxy) is 1. The van der Waals surface area contributed by atoms with Gasteiger partial charge in [-0.1, -0.05) is 32.0 Å². The maximum absolute atomic E-state index is 11.9. The molecule has 18 heavy (non-hydrogen) atoms. The third kappa shape index (κ3) is 4.13. The highest BCUT2D eigenvalue weighted by atomic mass is 16.5. The molecule has 0 aliphatic heterocycles. The zero-order chi connectivity index (χ0) is 13.5. The van der Waals surface area contributed by atoms with Gasteiger partial charge in [-0.3, -0.25) is 0 Å². The molecule has 100 valence electrons. The van der Waals surface area contributed by atoms with Crippen molar-refractivity contribution in [1.29, 1.82) is 0 Å². The van der Waals surface area contributed by atoms with Gasteiger partial charge in [0.15, 0.2) is 0 Å². The van der Waals surface area contributed by atoms with E-state index in [1.54, 1.807) is 12.1 Å². The summed E-state index contributed by atoms with van der Waals surface area (Å²) in [6.07, 6.45) is 0.858. The van der Waals surface area contributed by atoms with E-state index in [0.717, 1.165) is 12.0 Å². The molecular weight excluding hydrogens is 228 g/mol. The zero-order valence-electron chi connectivity index (χ0n) is 11.1. The lowest BCUT2D eigenvalue weighted by Gasteiger charge is -2.14. The van der Waals surface area contributed by atoms with Crippen molar-refractivity contribution >= 4 is 5.97 Å². The first-order valence-electron chi connectivity index (χ1n) is 6.28. The summed E-state index contributed by atoms with van der Waals surface area (Å²) in [4.78, 5) is 11.9. The largest absolute Gasteiger partial charge is 0.462 e. The smallest absolute Gasteiger partial charge is 0.338 e. The zero-order valence-corrected chi connectivity index (χ0v) is 11.1. The number of nitrogens with two attached hydrogens (primary N) is 2. The molecule has 4 N–H and O–H groups in total. The summed E-state index contributed by atoms with van der Waals surface area (Å²) >= 11 is 0. The monoisotopic (exact) mass is 250 g/mol. The molecule has 0 amide bonds. The molecule has 0 saturated carbocycles. The van der Waals surface area contributed by atoms with Crippen LogP contribution in [0.3, 0.4) is 0 Å². The number of esters is 1. The normalized spacial score (nSPS) is 12.5. The van der Waals surface area contributed by atoms with Gasteiger partial charge in [0, 0.05) is 12.6 Å².